The summed E-state index contributed by atoms with van der Waals surface area (Å²) in [4.78, 5) is 0.120. The molecule has 2 nitrogen and oxygen atoms in total. The van der Waals surface area contributed by atoms with Crippen LogP contribution >= 0.6 is 15.9 Å². The van der Waals surface area contributed by atoms with E-state index in [9.17, 15) is 18.3 Å². The molecule has 1 aliphatic heterocycles. The summed E-state index contributed by atoms with van der Waals surface area (Å²) in [6.07, 6.45) is -4.71. The van der Waals surface area contributed by atoms with Crippen molar-refractivity contribution in [2.75, 3.05) is 19.6 Å². The summed E-state index contributed by atoms with van der Waals surface area (Å²) < 4.78 is 36.5. The molecule has 1 N–H and O–H groups in total. The third-order valence-corrected chi connectivity index (χ3v) is 3.23. The highest BCUT2D eigenvalue weighted by molar-refractivity contribution is 9.09. The smallest absolute Gasteiger partial charge is 0.391 e. The fraction of sp³-hybridized carbons (Fsp3) is 1.00. The van der Waals surface area contributed by atoms with Gasteiger partial charge in [0.1, 0.15) is 4.83 Å². The van der Waals surface area contributed by atoms with Crippen molar-refractivity contribution in [3.63, 3.8) is 0 Å². The number of rotatable bonds is 2. The molecule has 0 bridgehead atoms. The van der Waals surface area contributed by atoms with Crippen LogP contribution in [0.3, 0.4) is 0 Å². The highest BCUT2D eigenvalue weighted by Gasteiger charge is 2.40. The van der Waals surface area contributed by atoms with Gasteiger partial charge >= 0.3 is 6.18 Å². The summed E-state index contributed by atoms with van der Waals surface area (Å²) >= 11 is 2.60. The SMILES string of the molecule is CC1CN(CC(Br)C(F)(F)F)CC1O. The third kappa shape index (κ3) is 3.10. The molecule has 0 aromatic heterocycles. The fourth-order valence-corrected chi connectivity index (χ4v) is 1.94. The molecule has 1 aliphatic rings. The molecule has 84 valence electrons. The molecule has 3 unspecified atom stereocenters. The first-order valence-electron chi connectivity index (χ1n) is 4.42. The summed E-state index contributed by atoms with van der Waals surface area (Å²) in [7, 11) is 0. The Labute approximate surface area is 89.2 Å². The molecule has 0 aromatic carbocycles. The average Bonchev–Trinajstić information content (AvgIpc) is 2.29. The van der Waals surface area contributed by atoms with Gasteiger partial charge in [-0.05, 0) is 5.92 Å². The Morgan fingerprint density at radius 1 is 1.50 bits per heavy atom. The molecule has 1 fully saturated rings. The second-order valence-corrected chi connectivity index (χ2v) is 4.88. The number of alkyl halides is 4. The standard InChI is InChI=1S/C8H13BrF3NO/c1-5-2-13(3-6(5)14)4-7(9)8(10,11)12/h5-7,14H,2-4H2,1H3. The van der Waals surface area contributed by atoms with Crippen LogP contribution in [0, 0.1) is 5.92 Å². The second kappa shape index (κ2) is 4.37. The van der Waals surface area contributed by atoms with Gasteiger partial charge in [0.2, 0.25) is 0 Å². The molecular formula is C8H13BrF3NO. The van der Waals surface area contributed by atoms with Crippen LogP contribution in [0.1, 0.15) is 6.92 Å². The summed E-state index contributed by atoms with van der Waals surface area (Å²) in [5, 5.41) is 9.35. The summed E-state index contributed by atoms with van der Waals surface area (Å²) in [5.74, 6) is 0.0583. The predicted molar refractivity (Wildman–Crippen MR) is 50.4 cm³/mol. The van der Waals surface area contributed by atoms with Crippen LogP contribution in [0.25, 0.3) is 0 Å². The highest BCUT2D eigenvalue weighted by atomic mass is 79.9. The Balaban J connectivity index is 2.40. The fourth-order valence-electron chi connectivity index (χ4n) is 1.53. The number of hydrogen-bond acceptors (Lipinski definition) is 2. The lowest BCUT2D eigenvalue weighted by Crippen LogP contribution is -2.36. The summed E-state index contributed by atoms with van der Waals surface area (Å²) in [6, 6.07) is 0. The van der Waals surface area contributed by atoms with E-state index in [4.69, 9.17) is 0 Å². The minimum Gasteiger partial charge on any atom is -0.391 e. The van der Waals surface area contributed by atoms with Crippen molar-refractivity contribution < 1.29 is 18.3 Å². The number of nitrogens with zero attached hydrogens (tertiary/aromatic N) is 1. The highest BCUT2D eigenvalue weighted by Crippen LogP contribution is 2.28. The second-order valence-electron chi connectivity index (χ2n) is 3.77. The van der Waals surface area contributed by atoms with Gasteiger partial charge in [0.25, 0.3) is 0 Å². The molecule has 14 heavy (non-hydrogen) atoms. The molecule has 1 rings (SSSR count). The van der Waals surface area contributed by atoms with Gasteiger partial charge < -0.3 is 5.11 Å². The predicted octanol–water partition coefficient (Wildman–Crippen LogP) is 1.62. The lowest BCUT2D eigenvalue weighted by Gasteiger charge is -2.21. The van der Waals surface area contributed by atoms with E-state index >= 15 is 0 Å². The molecule has 3 atom stereocenters. The summed E-state index contributed by atoms with van der Waals surface area (Å²) in [6.45, 7) is 2.60. The number of β-amino-alcohol motifs (C(OH)–C–C–N with tert-alkyl or cyclic N) is 1. The van der Waals surface area contributed by atoms with Gasteiger partial charge in [0.05, 0.1) is 6.10 Å². The third-order valence-electron chi connectivity index (χ3n) is 2.42. The number of aliphatic hydroxyl groups excluding tert-OH is 1. The normalized spacial score (nSPS) is 32.1. The van der Waals surface area contributed by atoms with Crippen molar-refractivity contribution in [2.24, 2.45) is 5.92 Å². The first-order valence-corrected chi connectivity index (χ1v) is 5.33. The first kappa shape index (κ1) is 12.3. The lowest BCUT2D eigenvalue weighted by molar-refractivity contribution is -0.130. The van der Waals surface area contributed by atoms with Gasteiger partial charge in [-0.15, -0.1) is 0 Å². The van der Waals surface area contributed by atoms with Crippen molar-refractivity contribution in [1.29, 1.82) is 0 Å². The zero-order valence-electron chi connectivity index (χ0n) is 7.76. The van der Waals surface area contributed by atoms with Gasteiger partial charge in [-0.1, -0.05) is 22.9 Å². The quantitative estimate of drug-likeness (QED) is 0.775. The number of aliphatic hydroxyl groups is 1. The van der Waals surface area contributed by atoms with E-state index in [2.05, 4.69) is 15.9 Å². The van der Waals surface area contributed by atoms with Crippen LogP contribution in [-0.2, 0) is 0 Å². The van der Waals surface area contributed by atoms with E-state index in [1.807, 2.05) is 6.92 Å². The maximum absolute atomic E-state index is 12.2. The number of likely N-dealkylation sites (tertiary alicyclic amines) is 1. The van der Waals surface area contributed by atoms with Gasteiger partial charge in [0.15, 0.2) is 0 Å². The van der Waals surface area contributed by atoms with Crippen molar-refractivity contribution in [2.45, 2.75) is 24.0 Å². The van der Waals surface area contributed by atoms with Crippen molar-refractivity contribution in [1.82, 2.24) is 4.90 Å². The minimum atomic E-state index is -4.21. The molecule has 0 saturated carbocycles. The van der Waals surface area contributed by atoms with Crippen LogP contribution in [0.2, 0.25) is 0 Å². The first-order chi connectivity index (χ1) is 6.30. The van der Waals surface area contributed by atoms with Gasteiger partial charge in [0, 0.05) is 19.6 Å². The van der Waals surface area contributed by atoms with Crippen LogP contribution in [0.4, 0.5) is 13.2 Å². The zero-order chi connectivity index (χ0) is 10.9. The minimum absolute atomic E-state index is 0.0583. The van der Waals surface area contributed by atoms with Crippen molar-refractivity contribution in [3.8, 4) is 0 Å². The van der Waals surface area contributed by atoms with E-state index in [1.165, 1.54) is 0 Å². The molecule has 0 amide bonds. The van der Waals surface area contributed by atoms with E-state index in [0.717, 1.165) is 0 Å². The molecule has 6 heteroatoms. The van der Waals surface area contributed by atoms with Crippen LogP contribution in [0.15, 0.2) is 0 Å². The lowest BCUT2D eigenvalue weighted by atomic mass is 10.1. The monoisotopic (exact) mass is 275 g/mol. The van der Waals surface area contributed by atoms with Crippen LogP contribution in [-0.4, -0.2) is 46.7 Å². The molecule has 1 heterocycles. The van der Waals surface area contributed by atoms with Gasteiger partial charge in [-0.3, -0.25) is 4.90 Å². The number of halogens is 4. The molecule has 0 spiro atoms. The molecule has 0 aromatic rings. The molecule has 0 radical (unpaired) electrons. The van der Waals surface area contributed by atoms with E-state index < -0.39 is 17.1 Å². The Bertz CT molecular complexity index is 190. The van der Waals surface area contributed by atoms with Gasteiger partial charge in [-0.25, -0.2) is 0 Å². The summed E-state index contributed by atoms with van der Waals surface area (Å²) in [5.41, 5.74) is 0. The molecular weight excluding hydrogens is 263 g/mol. The molecule has 0 aliphatic carbocycles. The molecule has 1 saturated heterocycles. The van der Waals surface area contributed by atoms with E-state index in [-0.39, 0.29) is 12.5 Å². The van der Waals surface area contributed by atoms with Gasteiger partial charge in [-0.2, -0.15) is 13.2 Å². The zero-order valence-corrected chi connectivity index (χ0v) is 9.35. The average molecular weight is 276 g/mol. The van der Waals surface area contributed by atoms with E-state index in [1.54, 1.807) is 4.90 Å². The largest absolute Gasteiger partial charge is 0.402 e. The van der Waals surface area contributed by atoms with Crippen molar-refractivity contribution in [3.05, 3.63) is 0 Å². The number of hydrogen-bond donors (Lipinski definition) is 1. The van der Waals surface area contributed by atoms with E-state index in [0.29, 0.717) is 13.1 Å². The van der Waals surface area contributed by atoms with Crippen LogP contribution in [0.5, 0.6) is 0 Å². The van der Waals surface area contributed by atoms with Crippen LogP contribution < -0.4 is 0 Å². The topological polar surface area (TPSA) is 23.5 Å². The Morgan fingerprint density at radius 3 is 2.43 bits per heavy atom. The Morgan fingerprint density at radius 2 is 2.07 bits per heavy atom. The maximum Gasteiger partial charge on any atom is 0.402 e. The van der Waals surface area contributed by atoms with Crippen molar-refractivity contribution >= 4 is 15.9 Å². The Kier molecular flexibility index (Phi) is 3.82. The Hall–Kier alpha value is 0.190. The maximum atomic E-state index is 12.2.